The van der Waals surface area contributed by atoms with Crippen LogP contribution in [0.5, 0.6) is 0 Å². The van der Waals surface area contributed by atoms with E-state index in [0.29, 0.717) is 11.3 Å². The Kier molecular flexibility index (Phi) is 5.59. The van der Waals surface area contributed by atoms with Crippen molar-refractivity contribution in [3.8, 4) is 0 Å². The molecule has 0 radical (unpaired) electrons. The number of carbonyl (C=O) groups is 3. The summed E-state index contributed by atoms with van der Waals surface area (Å²) in [6, 6.07) is 9.39. The quantitative estimate of drug-likeness (QED) is 0.846. The van der Waals surface area contributed by atoms with Crippen LogP contribution < -0.4 is 10.2 Å². The fourth-order valence-electron chi connectivity index (χ4n) is 2.25. The van der Waals surface area contributed by atoms with Gasteiger partial charge in [-0.2, -0.15) is 0 Å². The molecule has 0 bridgehead atoms. The summed E-state index contributed by atoms with van der Waals surface area (Å²) >= 11 is 0. The Balaban J connectivity index is 2.20. The number of halogens is 2. The zero-order valence-corrected chi connectivity index (χ0v) is 13.7. The molecule has 2 rings (SSSR count). The fourth-order valence-corrected chi connectivity index (χ4v) is 2.25. The smallest absolute Gasteiger partial charge is 0.244 e. The third-order valence-electron chi connectivity index (χ3n) is 3.44. The molecule has 2 amide bonds. The molecular weight excluding hydrogens is 330 g/mol. The first-order chi connectivity index (χ1) is 11.8. The van der Waals surface area contributed by atoms with Crippen LogP contribution in [0.2, 0.25) is 0 Å². The Morgan fingerprint density at radius 2 is 1.60 bits per heavy atom. The van der Waals surface area contributed by atoms with Crippen molar-refractivity contribution in [2.45, 2.75) is 13.8 Å². The highest BCUT2D eigenvalue weighted by Crippen LogP contribution is 2.23. The van der Waals surface area contributed by atoms with E-state index in [0.717, 1.165) is 24.0 Å². The van der Waals surface area contributed by atoms with E-state index in [1.807, 2.05) is 0 Å². The number of rotatable bonds is 5. The van der Waals surface area contributed by atoms with Crippen LogP contribution in [0, 0.1) is 11.6 Å². The number of Topliss-reactive ketones (excluding diaryl/α,β-unsaturated/α-hetero) is 1. The van der Waals surface area contributed by atoms with Crippen LogP contribution >= 0.6 is 0 Å². The number of nitrogens with zero attached hydrogens (tertiary/aromatic N) is 1. The summed E-state index contributed by atoms with van der Waals surface area (Å²) in [5, 5.41) is 2.50. The summed E-state index contributed by atoms with van der Waals surface area (Å²) in [7, 11) is 0. The van der Waals surface area contributed by atoms with Gasteiger partial charge in [-0.3, -0.25) is 19.3 Å². The number of anilines is 2. The van der Waals surface area contributed by atoms with Crippen LogP contribution in [-0.2, 0) is 9.59 Å². The summed E-state index contributed by atoms with van der Waals surface area (Å²) in [6.45, 7) is 1.92. The van der Waals surface area contributed by atoms with Crippen molar-refractivity contribution in [2.75, 3.05) is 16.8 Å². The molecule has 5 nitrogen and oxygen atoms in total. The molecule has 0 aromatic heterocycles. The van der Waals surface area contributed by atoms with Crippen LogP contribution in [-0.4, -0.2) is 24.1 Å². The number of hydrogen-bond donors (Lipinski definition) is 1. The number of nitrogens with one attached hydrogen (secondary N) is 1. The lowest BCUT2D eigenvalue weighted by Crippen LogP contribution is -2.37. The van der Waals surface area contributed by atoms with Gasteiger partial charge in [-0.1, -0.05) is 18.2 Å². The molecule has 0 saturated carbocycles. The first-order valence-corrected chi connectivity index (χ1v) is 7.42. The van der Waals surface area contributed by atoms with E-state index in [4.69, 9.17) is 0 Å². The van der Waals surface area contributed by atoms with Gasteiger partial charge >= 0.3 is 0 Å². The number of carbonyl (C=O) groups excluding carboxylic acids is 3. The maximum atomic E-state index is 13.9. The molecule has 7 heteroatoms. The summed E-state index contributed by atoms with van der Waals surface area (Å²) in [6.07, 6.45) is 0. The number of amides is 2. The van der Waals surface area contributed by atoms with Crippen LogP contribution in [0.4, 0.5) is 20.2 Å². The molecule has 0 aliphatic heterocycles. The maximum Gasteiger partial charge on any atom is 0.244 e. The Bertz CT molecular complexity index is 817. The van der Waals surface area contributed by atoms with E-state index in [9.17, 15) is 23.2 Å². The van der Waals surface area contributed by atoms with Crippen LogP contribution in [0.25, 0.3) is 0 Å². The Labute approximate surface area is 143 Å². The number of benzene rings is 2. The maximum absolute atomic E-state index is 13.9. The van der Waals surface area contributed by atoms with Crippen molar-refractivity contribution in [1.82, 2.24) is 0 Å². The third kappa shape index (κ3) is 4.47. The van der Waals surface area contributed by atoms with Gasteiger partial charge in [0, 0.05) is 18.2 Å². The molecule has 25 heavy (non-hydrogen) atoms. The molecule has 2 aromatic carbocycles. The lowest BCUT2D eigenvalue weighted by atomic mass is 10.1. The van der Waals surface area contributed by atoms with Crippen molar-refractivity contribution >= 4 is 29.0 Å². The van der Waals surface area contributed by atoms with E-state index in [-0.39, 0.29) is 5.78 Å². The number of hydrogen-bond acceptors (Lipinski definition) is 3. The molecule has 0 atom stereocenters. The van der Waals surface area contributed by atoms with E-state index in [2.05, 4.69) is 5.32 Å². The average Bonchev–Trinajstić information content (AvgIpc) is 2.53. The van der Waals surface area contributed by atoms with Crippen molar-refractivity contribution in [1.29, 1.82) is 0 Å². The normalized spacial score (nSPS) is 10.2. The molecule has 130 valence electrons. The fraction of sp³-hybridized carbons (Fsp3) is 0.167. The van der Waals surface area contributed by atoms with E-state index in [1.165, 1.54) is 19.1 Å². The highest BCUT2D eigenvalue weighted by molar-refractivity contribution is 6.02. The largest absolute Gasteiger partial charge is 0.325 e. The predicted octanol–water partition coefficient (Wildman–Crippen LogP) is 3.16. The zero-order valence-electron chi connectivity index (χ0n) is 13.7. The summed E-state index contributed by atoms with van der Waals surface area (Å²) < 4.78 is 27.8. The van der Waals surface area contributed by atoms with Gasteiger partial charge in [-0.25, -0.2) is 8.78 Å². The highest BCUT2D eigenvalue weighted by Gasteiger charge is 2.22. The molecule has 1 N–H and O–H groups in total. The predicted molar refractivity (Wildman–Crippen MR) is 89.5 cm³/mol. The molecule has 0 spiro atoms. The van der Waals surface area contributed by atoms with Crippen LogP contribution in [0.1, 0.15) is 24.2 Å². The molecule has 0 aliphatic carbocycles. The molecule has 0 unspecified atom stereocenters. The highest BCUT2D eigenvalue weighted by atomic mass is 19.1. The van der Waals surface area contributed by atoms with E-state index < -0.39 is 35.7 Å². The summed E-state index contributed by atoms with van der Waals surface area (Å²) in [5.41, 5.74) is 0.166. The van der Waals surface area contributed by atoms with Crippen molar-refractivity contribution in [2.24, 2.45) is 0 Å². The lowest BCUT2D eigenvalue weighted by molar-refractivity contribution is -0.120. The van der Waals surface area contributed by atoms with Gasteiger partial charge < -0.3 is 5.32 Å². The van der Waals surface area contributed by atoms with Crippen molar-refractivity contribution in [3.63, 3.8) is 0 Å². The Morgan fingerprint density at radius 1 is 1.00 bits per heavy atom. The SMILES string of the molecule is CC(=O)c1cccc(NC(=O)CN(C(C)=O)c2c(F)cccc2F)c1. The topological polar surface area (TPSA) is 66.5 Å². The van der Waals surface area contributed by atoms with Gasteiger partial charge in [0.15, 0.2) is 5.78 Å². The first-order valence-electron chi connectivity index (χ1n) is 7.42. The Hall–Kier alpha value is -3.09. The standard InChI is InChI=1S/C18H16F2N2O3/c1-11(23)13-5-3-6-14(9-13)21-17(25)10-22(12(2)24)18-15(19)7-4-8-16(18)20/h3-9H,10H2,1-2H3,(H,21,25). The second kappa shape index (κ2) is 7.65. The van der Waals surface area contributed by atoms with Gasteiger partial charge in [0.2, 0.25) is 11.8 Å². The molecule has 2 aromatic rings. The van der Waals surface area contributed by atoms with Crippen molar-refractivity contribution < 1.29 is 23.2 Å². The summed E-state index contributed by atoms with van der Waals surface area (Å²) in [5.74, 6) is -3.40. The minimum atomic E-state index is -0.943. The minimum Gasteiger partial charge on any atom is -0.325 e. The Morgan fingerprint density at radius 3 is 2.16 bits per heavy atom. The summed E-state index contributed by atoms with van der Waals surface area (Å²) in [4.78, 5) is 36.0. The monoisotopic (exact) mass is 346 g/mol. The van der Waals surface area contributed by atoms with Gasteiger partial charge in [0.05, 0.1) is 0 Å². The van der Waals surface area contributed by atoms with Crippen LogP contribution in [0.3, 0.4) is 0 Å². The minimum absolute atomic E-state index is 0.171. The lowest BCUT2D eigenvalue weighted by Gasteiger charge is -2.21. The van der Waals surface area contributed by atoms with Gasteiger partial charge in [0.25, 0.3) is 0 Å². The molecule has 0 fully saturated rings. The van der Waals surface area contributed by atoms with Gasteiger partial charge in [-0.15, -0.1) is 0 Å². The first kappa shape index (κ1) is 18.3. The second-order valence-corrected chi connectivity index (χ2v) is 5.36. The van der Waals surface area contributed by atoms with Gasteiger partial charge in [0.1, 0.15) is 23.9 Å². The zero-order chi connectivity index (χ0) is 18.6. The molecular formula is C18H16F2N2O3. The molecule has 0 aliphatic rings. The number of ketones is 1. The van der Waals surface area contributed by atoms with Crippen molar-refractivity contribution in [3.05, 3.63) is 59.7 Å². The second-order valence-electron chi connectivity index (χ2n) is 5.36. The van der Waals surface area contributed by atoms with Gasteiger partial charge in [-0.05, 0) is 31.2 Å². The molecule has 0 heterocycles. The van der Waals surface area contributed by atoms with E-state index in [1.54, 1.807) is 18.2 Å². The number of para-hydroxylation sites is 1. The van der Waals surface area contributed by atoms with E-state index >= 15 is 0 Å². The average molecular weight is 346 g/mol. The third-order valence-corrected chi connectivity index (χ3v) is 3.44. The molecule has 0 saturated heterocycles. The van der Waals surface area contributed by atoms with Crippen LogP contribution in [0.15, 0.2) is 42.5 Å².